The number of rotatable bonds is 1. The van der Waals surface area contributed by atoms with Crippen molar-refractivity contribution in [1.29, 1.82) is 0 Å². The van der Waals surface area contributed by atoms with E-state index in [1.54, 1.807) is 0 Å². The quantitative estimate of drug-likeness (QED) is 0.607. The fourth-order valence-electron chi connectivity index (χ4n) is 2.05. The fourth-order valence-corrected chi connectivity index (χ4v) is 2.05. The summed E-state index contributed by atoms with van der Waals surface area (Å²) in [5.41, 5.74) is 0.480. The Morgan fingerprint density at radius 1 is 0.933 bits per heavy atom. The Bertz CT molecular complexity index is 304. The molecule has 1 saturated heterocycles. The molecule has 1 aliphatic carbocycles. The molecule has 0 aromatic heterocycles. The Kier molecular flexibility index (Phi) is 3.14. The molecule has 1 heterocycles. The van der Waals surface area contributed by atoms with Crippen LogP contribution in [0.2, 0.25) is 0 Å². The average molecular weight is 208 g/mol. The molecule has 2 fully saturated rings. The second-order valence-electron chi connectivity index (χ2n) is 4.17. The number of hydrogen-bond donors (Lipinski definition) is 0. The van der Waals surface area contributed by atoms with Gasteiger partial charge in [0.15, 0.2) is 0 Å². The lowest BCUT2D eigenvalue weighted by molar-refractivity contribution is -0.133. The summed E-state index contributed by atoms with van der Waals surface area (Å²) < 4.78 is 0. The van der Waals surface area contributed by atoms with E-state index in [1.807, 2.05) is 5.01 Å². The van der Waals surface area contributed by atoms with Gasteiger partial charge in [0.1, 0.15) is 5.71 Å². The number of Topliss-reactive ketones (excluding diaryl/α,β-unsaturated/α-hetero) is 2. The lowest BCUT2D eigenvalue weighted by Gasteiger charge is -2.25. The normalized spacial score (nSPS) is 26.1. The lowest BCUT2D eigenvalue weighted by atomic mass is 9.96. The maximum Gasteiger partial charge on any atom is 0.244 e. The molecule has 0 amide bonds. The Labute approximate surface area is 89.3 Å². The monoisotopic (exact) mass is 208 g/mol. The predicted octanol–water partition coefficient (Wildman–Crippen LogP) is 1.15. The van der Waals surface area contributed by atoms with Gasteiger partial charge in [-0.1, -0.05) is 0 Å². The van der Waals surface area contributed by atoms with Crippen LogP contribution >= 0.6 is 0 Å². The van der Waals surface area contributed by atoms with E-state index in [2.05, 4.69) is 5.10 Å². The van der Waals surface area contributed by atoms with Gasteiger partial charge in [-0.25, -0.2) is 0 Å². The third kappa shape index (κ3) is 2.43. The van der Waals surface area contributed by atoms with Gasteiger partial charge in [-0.3, -0.25) is 14.6 Å². The zero-order valence-corrected chi connectivity index (χ0v) is 8.87. The van der Waals surface area contributed by atoms with Gasteiger partial charge in [0, 0.05) is 19.5 Å². The van der Waals surface area contributed by atoms with E-state index in [0.717, 1.165) is 32.4 Å². The van der Waals surface area contributed by atoms with Crippen molar-refractivity contribution in [2.75, 3.05) is 13.1 Å². The Morgan fingerprint density at radius 2 is 1.67 bits per heavy atom. The summed E-state index contributed by atoms with van der Waals surface area (Å²) in [6.45, 7) is 1.84. The van der Waals surface area contributed by atoms with Gasteiger partial charge in [-0.05, 0) is 32.1 Å². The topological polar surface area (TPSA) is 49.7 Å². The molecule has 0 N–H and O–H groups in total. The minimum Gasteiger partial charge on any atom is -0.297 e. The third-order valence-corrected chi connectivity index (χ3v) is 2.93. The molecule has 0 bridgehead atoms. The van der Waals surface area contributed by atoms with Gasteiger partial charge < -0.3 is 0 Å². The van der Waals surface area contributed by atoms with Crippen LogP contribution < -0.4 is 0 Å². The van der Waals surface area contributed by atoms with Crippen molar-refractivity contribution in [3.05, 3.63) is 0 Å². The number of carbonyl (C=O) groups is 2. The first-order valence-electron chi connectivity index (χ1n) is 5.67. The highest BCUT2D eigenvalue weighted by atomic mass is 16.2. The predicted molar refractivity (Wildman–Crippen MR) is 56.7 cm³/mol. The van der Waals surface area contributed by atoms with Crippen LogP contribution in [-0.2, 0) is 9.59 Å². The summed E-state index contributed by atoms with van der Waals surface area (Å²) in [4.78, 5) is 22.7. The number of carbonyl (C=O) groups excluding carboxylic acids is 2. The van der Waals surface area contributed by atoms with Gasteiger partial charge in [-0.15, -0.1) is 0 Å². The molecule has 0 spiro atoms. The fraction of sp³-hybridized carbons (Fsp3) is 0.727. The van der Waals surface area contributed by atoms with Crippen LogP contribution in [0.15, 0.2) is 5.10 Å². The number of hydrazone groups is 1. The van der Waals surface area contributed by atoms with Crippen LogP contribution in [0.4, 0.5) is 0 Å². The van der Waals surface area contributed by atoms with Crippen LogP contribution in [0.25, 0.3) is 0 Å². The summed E-state index contributed by atoms with van der Waals surface area (Å²) in [5.74, 6) is -0.621. The van der Waals surface area contributed by atoms with Crippen molar-refractivity contribution in [2.45, 2.75) is 38.5 Å². The third-order valence-electron chi connectivity index (χ3n) is 2.93. The van der Waals surface area contributed by atoms with Crippen molar-refractivity contribution in [3.8, 4) is 0 Å². The molecule has 0 aromatic carbocycles. The van der Waals surface area contributed by atoms with Crippen molar-refractivity contribution in [1.82, 2.24) is 5.01 Å². The standard InChI is InChI=1S/C11H16N2O2/c14-10-6-4-5-9(11(10)15)12-13-7-2-1-3-8-13/h1-8H2/b12-9-. The van der Waals surface area contributed by atoms with Crippen LogP contribution in [0.1, 0.15) is 38.5 Å². The number of nitrogens with zero attached hydrogens (tertiary/aromatic N) is 2. The highest BCUT2D eigenvalue weighted by Crippen LogP contribution is 2.13. The Balaban J connectivity index is 2.04. The van der Waals surface area contributed by atoms with Crippen LogP contribution in [0.3, 0.4) is 0 Å². The molecule has 1 saturated carbocycles. The zero-order valence-electron chi connectivity index (χ0n) is 8.87. The number of hydrogen-bond acceptors (Lipinski definition) is 4. The van der Waals surface area contributed by atoms with E-state index in [-0.39, 0.29) is 11.6 Å². The van der Waals surface area contributed by atoms with E-state index in [4.69, 9.17) is 0 Å². The molecule has 15 heavy (non-hydrogen) atoms. The number of ketones is 2. The molecule has 0 unspecified atom stereocenters. The molecule has 2 aliphatic rings. The van der Waals surface area contributed by atoms with Crippen LogP contribution in [0.5, 0.6) is 0 Å². The van der Waals surface area contributed by atoms with Gasteiger partial charge >= 0.3 is 0 Å². The molecular weight excluding hydrogens is 192 g/mol. The van der Waals surface area contributed by atoms with E-state index in [1.165, 1.54) is 6.42 Å². The highest BCUT2D eigenvalue weighted by molar-refractivity contribution is 6.66. The SMILES string of the molecule is O=C1CCC/C(=N/N2CCCCC2)C1=O. The summed E-state index contributed by atoms with van der Waals surface area (Å²) in [6, 6.07) is 0. The van der Waals surface area contributed by atoms with E-state index < -0.39 is 0 Å². The second-order valence-corrected chi connectivity index (χ2v) is 4.17. The summed E-state index contributed by atoms with van der Waals surface area (Å²) in [6.07, 6.45) is 5.36. The van der Waals surface area contributed by atoms with Crippen molar-refractivity contribution in [2.24, 2.45) is 5.10 Å². The van der Waals surface area contributed by atoms with Crippen molar-refractivity contribution >= 4 is 17.3 Å². The molecule has 1 aliphatic heterocycles. The van der Waals surface area contributed by atoms with Gasteiger partial charge in [-0.2, -0.15) is 5.10 Å². The first kappa shape index (κ1) is 10.3. The summed E-state index contributed by atoms with van der Waals surface area (Å²) in [5, 5.41) is 6.25. The van der Waals surface area contributed by atoms with Gasteiger partial charge in [0.2, 0.25) is 11.6 Å². The van der Waals surface area contributed by atoms with E-state index >= 15 is 0 Å². The first-order chi connectivity index (χ1) is 7.27. The second kappa shape index (κ2) is 4.55. The summed E-state index contributed by atoms with van der Waals surface area (Å²) in [7, 11) is 0. The van der Waals surface area contributed by atoms with Crippen molar-refractivity contribution in [3.63, 3.8) is 0 Å². The molecule has 4 heteroatoms. The minimum absolute atomic E-state index is 0.267. The summed E-state index contributed by atoms with van der Waals surface area (Å²) >= 11 is 0. The number of piperidine rings is 1. The maximum atomic E-state index is 11.5. The zero-order chi connectivity index (χ0) is 10.7. The van der Waals surface area contributed by atoms with Crippen LogP contribution in [-0.4, -0.2) is 35.4 Å². The van der Waals surface area contributed by atoms with E-state index in [9.17, 15) is 9.59 Å². The molecule has 0 radical (unpaired) electrons. The molecule has 82 valence electrons. The van der Waals surface area contributed by atoms with Gasteiger partial charge in [0.25, 0.3) is 0 Å². The van der Waals surface area contributed by atoms with Gasteiger partial charge in [0.05, 0.1) is 0 Å². The van der Waals surface area contributed by atoms with Crippen LogP contribution in [0, 0.1) is 0 Å². The Hall–Kier alpha value is -1.19. The largest absolute Gasteiger partial charge is 0.297 e. The lowest BCUT2D eigenvalue weighted by Crippen LogP contribution is -2.33. The van der Waals surface area contributed by atoms with E-state index in [0.29, 0.717) is 18.6 Å². The molecule has 2 rings (SSSR count). The first-order valence-corrected chi connectivity index (χ1v) is 5.67. The highest BCUT2D eigenvalue weighted by Gasteiger charge is 2.26. The molecule has 0 aromatic rings. The molecular formula is C11H16N2O2. The van der Waals surface area contributed by atoms with Crippen molar-refractivity contribution < 1.29 is 9.59 Å². The molecule has 4 nitrogen and oxygen atoms in total. The minimum atomic E-state index is -0.355. The maximum absolute atomic E-state index is 11.5. The average Bonchev–Trinajstić information content (AvgIpc) is 2.26. The smallest absolute Gasteiger partial charge is 0.244 e. The Morgan fingerprint density at radius 3 is 2.40 bits per heavy atom. The molecule has 0 atom stereocenters.